The molecule has 31 heavy (non-hydrogen) atoms. The van der Waals surface area contributed by atoms with Crippen molar-refractivity contribution in [3.63, 3.8) is 0 Å². The van der Waals surface area contributed by atoms with Gasteiger partial charge in [-0.2, -0.15) is 0 Å². The van der Waals surface area contributed by atoms with Gasteiger partial charge in [-0.3, -0.25) is 4.79 Å². The van der Waals surface area contributed by atoms with E-state index in [1.165, 1.54) is 55.4 Å². The van der Waals surface area contributed by atoms with Gasteiger partial charge in [-0.25, -0.2) is 0 Å². The minimum Gasteiger partial charge on any atom is -0.497 e. The number of likely N-dealkylation sites (tertiary alicyclic amines) is 1. The van der Waals surface area contributed by atoms with E-state index in [0.717, 1.165) is 43.3 Å². The Bertz CT molecular complexity index is 702. The predicted octanol–water partition coefficient (Wildman–Crippen LogP) is 4.81. The molecule has 6 heteroatoms. The van der Waals surface area contributed by atoms with Crippen LogP contribution in [0.5, 0.6) is 5.75 Å². The number of rotatable bonds is 10. The quantitative estimate of drug-likeness (QED) is 0.506. The average Bonchev–Trinajstić information content (AvgIpc) is 3.23. The van der Waals surface area contributed by atoms with Crippen molar-refractivity contribution in [1.29, 1.82) is 0 Å². The van der Waals surface area contributed by atoms with Crippen LogP contribution in [0.3, 0.4) is 0 Å². The molecule has 1 aromatic rings. The number of carbonyl (C=O) groups is 1. The normalized spacial score (nSPS) is 25.4. The molecule has 2 fully saturated rings. The Morgan fingerprint density at radius 1 is 1.19 bits per heavy atom. The predicted molar refractivity (Wildman–Crippen MR) is 129 cm³/mol. The third-order valence-electron chi connectivity index (χ3n) is 7.13. The molecule has 1 aliphatic carbocycles. The van der Waals surface area contributed by atoms with Crippen LogP contribution in [-0.2, 0) is 16.0 Å². The zero-order valence-electron chi connectivity index (χ0n) is 19.4. The van der Waals surface area contributed by atoms with Gasteiger partial charge in [-0.1, -0.05) is 22.9 Å². The number of benzene rings is 1. The highest BCUT2D eigenvalue weighted by atomic mass is 79.9. The molecule has 1 saturated carbocycles. The van der Waals surface area contributed by atoms with Gasteiger partial charge in [0.05, 0.1) is 7.11 Å². The van der Waals surface area contributed by atoms with Crippen LogP contribution in [0.2, 0.25) is 0 Å². The Kier molecular flexibility index (Phi) is 9.67. The number of hydrogen-bond acceptors (Lipinski definition) is 4. The fourth-order valence-electron chi connectivity index (χ4n) is 5.14. The first-order chi connectivity index (χ1) is 15.0. The summed E-state index contributed by atoms with van der Waals surface area (Å²) in [4.78, 5) is 14.9. The van der Waals surface area contributed by atoms with Crippen molar-refractivity contribution < 1.29 is 14.3 Å². The largest absolute Gasteiger partial charge is 0.497 e. The van der Waals surface area contributed by atoms with Crippen LogP contribution in [0.1, 0.15) is 57.4 Å². The molecule has 0 radical (unpaired) electrons. The van der Waals surface area contributed by atoms with E-state index in [1.807, 2.05) is 13.0 Å². The van der Waals surface area contributed by atoms with Crippen molar-refractivity contribution in [3.8, 4) is 5.75 Å². The summed E-state index contributed by atoms with van der Waals surface area (Å²) in [5.41, 5.74) is 1.35. The first-order valence-electron chi connectivity index (χ1n) is 11.9. The molecule has 1 aliphatic heterocycles. The van der Waals surface area contributed by atoms with Gasteiger partial charge >= 0.3 is 0 Å². The molecular weight excluding hydrogens is 456 g/mol. The maximum Gasteiger partial charge on any atom is 0.249 e. The molecule has 0 spiro atoms. The van der Waals surface area contributed by atoms with E-state index in [-0.39, 0.29) is 12.0 Å². The smallest absolute Gasteiger partial charge is 0.249 e. The summed E-state index contributed by atoms with van der Waals surface area (Å²) in [5.74, 6) is 2.51. The summed E-state index contributed by atoms with van der Waals surface area (Å²) < 4.78 is 11.8. The Labute approximate surface area is 196 Å². The topological polar surface area (TPSA) is 50.8 Å². The van der Waals surface area contributed by atoms with Crippen molar-refractivity contribution >= 4 is 21.8 Å². The second-order valence-corrected chi connectivity index (χ2v) is 10.1. The molecule has 1 aromatic carbocycles. The van der Waals surface area contributed by atoms with Gasteiger partial charge in [0.15, 0.2) is 0 Å². The van der Waals surface area contributed by atoms with E-state index in [9.17, 15) is 4.79 Å². The molecule has 174 valence electrons. The minimum absolute atomic E-state index is 0.0548. The van der Waals surface area contributed by atoms with Crippen LogP contribution in [0, 0.1) is 11.8 Å². The average molecular weight is 496 g/mol. The summed E-state index contributed by atoms with van der Waals surface area (Å²) >= 11 is 3.70. The van der Waals surface area contributed by atoms with E-state index in [1.54, 1.807) is 14.2 Å². The number of halogens is 1. The highest BCUT2D eigenvalue weighted by molar-refractivity contribution is 9.10. The highest BCUT2D eigenvalue weighted by Crippen LogP contribution is 2.30. The second kappa shape index (κ2) is 12.2. The van der Waals surface area contributed by atoms with Crippen LogP contribution in [0.25, 0.3) is 0 Å². The Balaban J connectivity index is 1.35. The molecule has 2 aliphatic rings. The van der Waals surface area contributed by atoms with Crippen molar-refractivity contribution in [2.45, 2.75) is 70.4 Å². The van der Waals surface area contributed by atoms with Crippen LogP contribution in [-0.4, -0.2) is 56.8 Å². The lowest BCUT2D eigenvalue weighted by molar-refractivity contribution is -0.132. The molecular formula is C25H39BrN2O3. The number of methoxy groups -OCH3 is 2. The van der Waals surface area contributed by atoms with E-state index in [0.29, 0.717) is 6.04 Å². The number of hydrogen-bond donors (Lipinski definition) is 1. The van der Waals surface area contributed by atoms with Crippen LogP contribution < -0.4 is 10.1 Å². The van der Waals surface area contributed by atoms with Crippen molar-refractivity contribution in [2.75, 3.05) is 33.9 Å². The Morgan fingerprint density at radius 2 is 1.97 bits per heavy atom. The maximum absolute atomic E-state index is 12.2. The fraction of sp³-hybridized carbons (Fsp3) is 0.720. The van der Waals surface area contributed by atoms with Gasteiger partial charge in [0.2, 0.25) is 5.91 Å². The standard InChI is InChI=1S/C25H39BrN2O3/c1-4-24(31-3)25(29)27-21-7-5-18(6-8-21)11-13-28-14-12-19(17-28)15-20-16-22(30-2)9-10-23(20)26/h9-10,16,18-19,21,24H,4-8,11-15,17H2,1-3H3,(H,27,29). The third kappa shape index (κ3) is 7.19. The summed E-state index contributed by atoms with van der Waals surface area (Å²) in [6.45, 7) is 5.61. The zero-order chi connectivity index (χ0) is 22.2. The maximum atomic E-state index is 12.2. The molecule has 0 aromatic heterocycles. The lowest BCUT2D eigenvalue weighted by Gasteiger charge is -2.31. The van der Waals surface area contributed by atoms with Crippen LogP contribution >= 0.6 is 15.9 Å². The third-order valence-corrected chi connectivity index (χ3v) is 7.90. The number of carbonyl (C=O) groups excluding carboxylic acids is 1. The molecule has 1 N–H and O–H groups in total. The van der Waals surface area contributed by atoms with Gasteiger partial charge in [0, 0.05) is 24.2 Å². The van der Waals surface area contributed by atoms with E-state index >= 15 is 0 Å². The van der Waals surface area contributed by atoms with Gasteiger partial charge in [0.1, 0.15) is 11.9 Å². The van der Waals surface area contributed by atoms with Crippen LogP contribution in [0.15, 0.2) is 22.7 Å². The fourth-order valence-corrected chi connectivity index (χ4v) is 5.55. The molecule has 1 saturated heterocycles. The van der Waals surface area contributed by atoms with Gasteiger partial charge in [-0.05, 0) is 100 Å². The van der Waals surface area contributed by atoms with Gasteiger partial charge < -0.3 is 19.7 Å². The number of amides is 1. The molecule has 1 amide bonds. The number of nitrogens with one attached hydrogen (secondary N) is 1. The molecule has 2 atom stereocenters. The van der Waals surface area contributed by atoms with Crippen LogP contribution in [0.4, 0.5) is 0 Å². The number of ether oxygens (including phenoxy) is 2. The lowest BCUT2D eigenvalue weighted by atomic mass is 9.84. The monoisotopic (exact) mass is 494 g/mol. The second-order valence-electron chi connectivity index (χ2n) is 9.26. The van der Waals surface area contributed by atoms with Gasteiger partial charge in [0.25, 0.3) is 0 Å². The van der Waals surface area contributed by atoms with E-state index < -0.39 is 0 Å². The first-order valence-corrected chi connectivity index (χ1v) is 12.7. The van der Waals surface area contributed by atoms with Crippen molar-refractivity contribution in [1.82, 2.24) is 10.2 Å². The molecule has 5 nitrogen and oxygen atoms in total. The minimum atomic E-state index is -0.307. The summed E-state index contributed by atoms with van der Waals surface area (Å²) in [5, 5.41) is 3.19. The summed E-state index contributed by atoms with van der Waals surface area (Å²) in [6, 6.07) is 6.59. The molecule has 1 heterocycles. The SMILES string of the molecule is CCC(OC)C(=O)NC1CCC(CCN2CCC(Cc3cc(OC)ccc3Br)C2)CC1. The van der Waals surface area contributed by atoms with E-state index in [2.05, 4.69) is 38.3 Å². The Hall–Kier alpha value is -1.11. The highest BCUT2D eigenvalue weighted by Gasteiger charge is 2.27. The molecule has 0 bridgehead atoms. The summed E-state index contributed by atoms with van der Waals surface area (Å²) in [6.07, 6.45) is 8.74. The summed E-state index contributed by atoms with van der Waals surface area (Å²) in [7, 11) is 3.34. The first kappa shape index (κ1) is 24.5. The molecule has 3 rings (SSSR count). The van der Waals surface area contributed by atoms with Gasteiger partial charge in [-0.15, -0.1) is 0 Å². The van der Waals surface area contributed by atoms with Crippen molar-refractivity contribution in [2.24, 2.45) is 11.8 Å². The Morgan fingerprint density at radius 3 is 2.65 bits per heavy atom. The van der Waals surface area contributed by atoms with Crippen molar-refractivity contribution in [3.05, 3.63) is 28.2 Å². The number of nitrogens with zero attached hydrogens (tertiary/aromatic N) is 1. The van der Waals surface area contributed by atoms with E-state index in [4.69, 9.17) is 9.47 Å². The molecule has 2 unspecified atom stereocenters. The zero-order valence-corrected chi connectivity index (χ0v) is 21.0. The lowest BCUT2D eigenvalue weighted by Crippen LogP contribution is -2.43.